The maximum atomic E-state index is 2.38. The lowest BCUT2D eigenvalue weighted by molar-refractivity contribution is 0.189. The van der Waals surface area contributed by atoms with Gasteiger partial charge < -0.3 is 0 Å². The lowest BCUT2D eigenvalue weighted by Gasteiger charge is -2.32. The monoisotopic (exact) mass is 168 g/mol. The zero-order valence-corrected chi connectivity index (χ0v) is 9.14. The molecule has 0 bridgehead atoms. The summed E-state index contributed by atoms with van der Waals surface area (Å²) in [5, 5.41) is 0. The van der Waals surface area contributed by atoms with Crippen LogP contribution in [0.5, 0.6) is 0 Å². The maximum absolute atomic E-state index is 2.38. The largest absolute Gasteiger partial charge is 0.0625 e. The topological polar surface area (TPSA) is 0 Å². The summed E-state index contributed by atoms with van der Waals surface area (Å²) in [6.07, 6.45) is 5.95. The van der Waals surface area contributed by atoms with Crippen molar-refractivity contribution in [2.75, 3.05) is 0 Å². The average molecular weight is 168 g/mol. The van der Waals surface area contributed by atoms with E-state index in [9.17, 15) is 0 Å². The van der Waals surface area contributed by atoms with Crippen LogP contribution < -0.4 is 0 Å². The Hall–Kier alpha value is 0. The van der Waals surface area contributed by atoms with Crippen molar-refractivity contribution in [2.24, 2.45) is 23.7 Å². The lowest BCUT2D eigenvalue weighted by Crippen LogP contribution is -2.21. The molecule has 0 aromatic rings. The number of rotatable bonds is 2. The summed E-state index contributed by atoms with van der Waals surface area (Å²) in [6.45, 7) is 9.50. The van der Waals surface area contributed by atoms with Crippen molar-refractivity contribution in [2.45, 2.75) is 53.4 Å². The first-order valence-corrected chi connectivity index (χ1v) is 5.61. The molecule has 1 rings (SSSR count). The van der Waals surface area contributed by atoms with Crippen LogP contribution in [0.1, 0.15) is 53.4 Å². The molecule has 0 nitrogen and oxygen atoms in total. The molecule has 1 saturated carbocycles. The molecule has 0 heteroatoms. The van der Waals surface area contributed by atoms with E-state index < -0.39 is 0 Å². The van der Waals surface area contributed by atoms with E-state index in [4.69, 9.17) is 0 Å². The molecule has 0 aromatic heterocycles. The van der Waals surface area contributed by atoms with Gasteiger partial charge in [-0.2, -0.15) is 0 Å². The van der Waals surface area contributed by atoms with Gasteiger partial charge in [0.15, 0.2) is 0 Å². The Morgan fingerprint density at radius 3 is 1.08 bits per heavy atom. The number of hydrogen-bond acceptors (Lipinski definition) is 0. The van der Waals surface area contributed by atoms with Gasteiger partial charge in [0.2, 0.25) is 0 Å². The van der Waals surface area contributed by atoms with E-state index in [0.29, 0.717) is 0 Å². The highest BCUT2D eigenvalue weighted by Crippen LogP contribution is 2.36. The first-order valence-electron chi connectivity index (χ1n) is 5.61. The predicted octanol–water partition coefficient (Wildman–Crippen LogP) is 4.10. The predicted molar refractivity (Wildman–Crippen MR) is 55.1 cm³/mol. The SMILES string of the molecule is CC(C)[C@H]1CC[C@H](C(C)C)CC1. The highest BCUT2D eigenvalue weighted by atomic mass is 14.3. The van der Waals surface area contributed by atoms with Crippen LogP contribution >= 0.6 is 0 Å². The molecule has 0 aliphatic heterocycles. The molecule has 0 amide bonds. The van der Waals surface area contributed by atoms with Gasteiger partial charge in [0.1, 0.15) is 0 Å². The molecule has 1 aliphatic rings. The molecule has 0 radical (unpaired) electrons. The second kappa shape index (κ2) is 4.30. The third-order valence-corrected chi connectivity index (χ3v) is 3.70. The minimum atomic E-state index is 0.915. The van der Waals surface area contributed by atoms with Gasteiger partial charge in [0.05, 0.1) is 0 Å². The Morgan fingerprint density at radius 2 is 0.917 bits per heavy atom. The lowest BCUT2D eigenvalue weighted by atomic mass is 9.73. The minimum Gasteiger partial charge on any atom is -0.0625 e. The van der Waals surface area contributed by atoms with Crippen molar-refractivity contribution >= 4 is 0 Å². The third kappa shape index (κ3) is 2.50. The molecular formula is C12H24. The van der Waals surface area contributed by atoms with Crippen LogP contribution in [0.2, 0.25) is 0 Å². The van der Waals surface area contributed by atoms with Crippen LogP contribution in [-0.4, -0.2) is 0 Å². The van der Waals surface area contributed by atoms with Crippen LogP contribution in [0.4, 0.5) is 0 Å². The standard InChI is InChI=1S/C12H24/c1-9(2)11-5-7-12(8-6-11)10(3)4/h9-12H,5-8H2,1-4H3/t11-,12-. The van der Waals surface area contributed by atoms with Crippen LogP contribution in [0.25, 0.3) is 0 Å². The molecule has 1 aliphatic carbocycles. The zero-order valence-electron chi connectivity index (χ0n) is 9.14. The summed E-state index contributed by atoms with van der Waals surface area (Å²) in [4.78, 5) is 0. The Morgan fingerprint density at radius 1 is 0.667 bits per heavy atom. The van der Waals surface area contributed by atoms with Crippen molar-refractivity contribution in [3.05, 3.63) is 0 Å². The van der Waals surface area contributed by atoms with E-state index in [-0.39, 0.29) is 0 Å². The fraction of sp³-hybridized carbons (Fsp3) is 1.00. The molecule has 0 aromatic carbocycles. The summed E-state index contributed by atoms with van der Waals surface area (Å²) >= 11 is 0. The van der Waals surface area contributed by atoms with Gasteiger partial charge in [-0.25, -0.2) is 0 Å². The summed E-state index contributed by atoms with van der Waals surface area (Å²) in [5.74, 6) is 3.89. The van der Waals surface area contributed by atoms with Gasteiger partial charge in [0, 0.05) is 0 Å². The molecule has 0 spiro atoms. The normalized spacial score (nSPS) is 31.5. The van der Waals surface area contributed by atoms with Gasteiger partial charge >= 0.3 is 0 Å². The molecule has 0 N–H and O–H groups in total. The van der Waals surface area contributed by atoms with Crippen molar-refractivity contribution in [1.82, 2.24) is 0 Å². The minimum absolute atomic E-state index is 0.915. The van der Waals surface area contributed by atoms with Crippen LogP contribution in [-0.2, 0) is 0 Å². The Kier molecular flexibility index (Phi) is 3.61. The molecule has 0 saturated heterocycles. The zero-order chi connectivity index (χ0) is 9.14. The molecule has 0 atom stereocenters. The van der Waals surface area contributed by atoms with Gasteiger partial charge in [0.25, 0.3) is 0 Å². The Labute approximate surface area is 77.7 Å². The highest BCUT2D eigenvalue weighted by Gasteiger charge is 2.24. The summed E-state index contributed by atoms with van der Waals surface area (Å²) in [7, 11) is 0. The van der Waals surface area contributed by atoms with Crippen LogP contribution in [0.3, 0.4) is 0 Å². The second-order valence-electron chi connectivity index (χ2n) is 5.16. The number of hydrogen-bond donors (Lipinski definition) is 0. The molecule has 1 fully saturated rings. The van der Waals surface area contributed by atoms with Crippen molar-refractivity contribution in [1.29, 1.82) is 0 Å². The van der Waals surface area contributed by atoms with Crippen molar-refractivity contribution in [3.8, 4) is 0 Å². The summed E-state index contributed by atoms with van der Waals surface area (Å²) in [5.41, 5.74) is 0. The Balaban J connectivity index is 2.30. The van der Waals surface area contributed by atoms with E-state index in [1.54, 1.807) is 0 Å². The van der Waals surface area contributed by atoms with E-state index in [1.807, 2.05) is 0 Å². The van der Waals surface area contributed by atoms with Gasteiger partial charge in [-0.1, -0.05) is 27.7 Å². The first kappa shape index (κ1) is 10.1. The Bertz CT molecular complexity index is 100. The van der Waals surface area contributed by atoms with Gasteiger partial charge in [-0.3, -0.25) is 0 Å². The molecule has 0 unspecified atom stereocenters. The molecule has 0 heterocycles. The van der Waals surface area contributed by atoms with E-state index in [1.165, 1.54) is 25.7 Å². The van der Waals surface area contributed by atoms with Crippen LogP contribution in [0.15, 0.2) is 0 Å². The second-order valence-corrected chi connectivity index (χ2v) is 5.16. The fourth-order valence-corrected chi connectivity index (χ4v) is 2.48. The van der Waals surface area contributed by atoms with Crippen molar-refractivity contribution in [3.63, 3.8) is 0 Å². The van der Waals surface area contributed by atoms with E-state index in [0.717, 1.165) is 23.7 Å². The molecule has 12 heavy (non-hydrogen) atoms. The third-order valence-electron chi connectivity index (χ3n) is 3.70. The van der Waals surface area contributed by atoms with E-state index in [2.05, 4.69) is 27.7 Å². The highest BCUT2D eigenvalue weighted by molar-refractivity contribution is 4.75. The van der Waals surface area contributed by atoms with Crippen molar-refractivity contribution < 1.29 is 0 Å². The smallest absolute Gasteiger partial charge is 0.0391 e. The fourth-order valence-electron chi connectivity index (χ4n) is 2.48. The van der Waals surface area contributed by atoms with Gasteiger partial charge in [-0.15, -0.1) is 0 Å². The quantitative estimate of drug-likeness (QED) is 0.582. The average Bonchev–Trinajstić information content (AvgIpc) is 2.04. The van der Waals surface area contributed by atoms with Crippen LogP contribution in [0, 0.1) is 23.7 Å². The van der Waals surface area contributed by atoms with E-state index >= 15 is 0 Å². The first-order chi connectivity index (χ1) is 5.61. The summed E-state index contributed by atoms with van der Waals surface area (Å²) in [6, 6.07) is 0. The molecular weight excluding hydrogens is 144 g/mol. The summed E-state index contributed by atoms with van der Waals surface area (Å²) < 4.78 is 0. The molecule has 72 valence electrons. The maximum Gasteiger partial charge on any atom is -0.0391 e. The van der Waals surface area contributed by atoms with Gasteiger partial charge in [-0.05, 0) is 49.4 Å².